The van der Waals surface area contributed by atoms with Crippen molar-refractivity contribution in [3.8, 4) is 0 Å². The highest BCUT2D eigenvalue weighted by molar-refractivity contribution is 6.31. The average Bonchev–Trinajstić information content (AvgIpc) is 2.29. The van der Waals surface area contributed by atoms with Gasteiger partial charge in [-0.1, -0.05) is 30.7 Å². The molecule has 0 atom stereocenters. The van der Waals surface area contributed by atoms with Crippen molar-refractivity contribution < 1.29 is 4.79 Å². The zero-order chi connectivity index (χ0) is 12.3. The van der Waals surface area contributed by atoms with Crippen LogP contribution in [0.1, 0.15) is 19.8 Å². The number of fused-ring (bicyclic) bond motifs is 1. The highest BCUT2D eigenvalue weighted by atomic mass is 35.5. The van der Waals surface area contributed by atoms with Crippen LogP contribution in [0.25, 0.3) is 10.9 Å². The lowest BCUT2D eigenvalue weighted by Crippen LogP contribution is -2.11. The van der Waals surface area contributed by atoms with Crippen molar-refractivity contribution in [3.63, 3.8) is 0 Å². The first-order valence-corrected chi connectivity index (χ1v) is 5.92. The Morgan fingerprint density at radius 1 is 1.47 bits per heavy atom. The Morgan fingerprint density at radius 3 is 3.06 bits per heavy atom. The van der Waals surface area contributed by atoms with E-state index in [4.69, 9.17) is 11.6 Å². The third-order valence-electron chi connectivity index (χ3n) is 2.43. The van der Waals surface area contributed by atoms with E-state index in [9.17, 15) is 4.79 Å². The summed E-state index contributed by atoms with van der Waals surface area (Å²) in [7, 11) is 0. The van der Waals surface area contributed by atoms with Gasteiger partial charge in [-0.15, -0.1) is 0 Å². The summed E-state index contributed by atoms with van der Waals surface area (Å²) in [5, 5.41) is 4.38. The van der Waals surface area contributed by atoms with Crippen molar-refractivity contribution in [2.75, 3.05) is 5.32 Å². The number of rotatable bonds is 3. The van der Waals surface area contributed by atoms with Crippen molar-refractivity contribution in [3.05, 3.63) is 35.5 Å². The number of halogens is 1. The fraction of sp³-hybridized carbons (Fsp3) is 0.231. The molecule has 0 aliphatic rings. The minimum Gasteiger partial charge on any atom is -0.324 e. The Morgan fingerprint density at radius 2 is 2.29 bits per heavy atom. The minimum absolute atomic E-state index is 0.0109. The lowest BCUT2D eigenvalue weighted by Gasteiger charge is -2.07. The van der Waals surface area contributed by atoms with Crippen LogP contribution in [0.2, 0.25) is 5.02 Å². The Labute approximate surface area is 105 Å². The lowest BCUT2D eigenvalue weighted by atomic mass is 10.2. The first-order valence-electron chi connectivity index (χ1n) is 5.55. The maximum atomic E-state index is 11.6. The molecule has 88 valence electrons. The minimum atomic E-state index is 0.0109. The largest absolute Gasteiger partial charge is 0.324 e. The van der Waals surface area contributed by atoms with Gasteiger partial charge in [-0.25, -0.2) is 0 Å². The molecular weight excluding hydrogens is 236 g/mol. The van der Waals surface area contributed by atoms with Crippen molar-refractivity contribution in [1.29, 1.82) is 0 Å². The van der Waals surface area contributed by atoms with Crippen LogP contribution < -0.4 is 5.32 Å². The van der Waals surface area contributed by atoms with Gasteiger partial charge in [0.1, 0.15) is 0 Å². The first kappa shape index (κ1) is 11.9. The highest BCUT2D eigenvalue weighted by Crippen LogP contribution is 2.23. The second-order valence-corrected chi connectivity index (χ2v) is 4.27. The molecule has 0 fully saturated rings. The third kappa shape index (κ3) is 2.74. The number of hydrogen-bond acceptors (Lipinski definition) is 2. The molecule has 1 N–H and O–H groups in total. The van der Waals surface area contributed by atoms with E-state index < -0.39 is 0 Å². The number of aromatic nitrogens is 1. The fourth-order valence-corrected chi connectivity index (χ4v) is 1.84. The predicted molar refractivity (Wildman–Crippen MR) is 70.3 cm³/mol. The maximum absolute atomic E-state index is 11.6. The Bertz CT molecular complexity index is 554. The molecule has 1 heterocycles. The topological polar surface area (TPSA) is 42.0 Å². The first-order chi connectivity index (χ1) is 8.20. The summed E-state index contributed by atoms with van der Waals surface area (Å²) in [6, 6.07) is 7.47. The Kier molecular flexibility index (Phi) is 3.59. The molecule has 0 aliphatic carbocycles. The molecule has 0 aliphatic heterocycles. The molecule has 1 amide bonds. The number of anilines is 1. The summed E-state index contributed by atoms with van der Waals surface area (Å²) >= 11 is 5.88. The number of carbonyl (C=O) groups excluding carboxylic acids is 1. The van der Waals surface area contributed by atoms with E-state index in [1.165, 1.54) is 0 Å². The van der Waals surface area contributed by atoms with Crippen LogP contribution in [0.15, 0.2) is 30.5 Å². The summed E-state index contributed by atoms with van der Waals surface area (Å²) < 4.78 is 0. The number of para-hydroxylation sites is 1. The van der Waals surface area contributed by atoms with Gasteiger partial charge in [-0.2, -0.15) is 0 Å². The molecule has 1 aromatic carbocycles. The third-order valence-corrected chi connectivity index (χ3v) is 2.64. The number of amides is 1. The molecule has 17 heavy (non-hydrogen) atoms. The van der Waals surface area contributed by atoms with E-state index in [1.807, 2.05) is 31.2 Å². The van der Waals surface area contributed by atoms with E-state index >= 15 is 0 Å². The second-order valence-electron chi connectivity index (χ2n) is 3.83. The monoisotopic (exact) mass is 248 g/mol. The van der Waals surface area contributed by atoms with Crippen molar-refractivity contribution in [2.24, 2.45) is 0 Å². The van der Waals surface area contributed by atoms with Gasteiger partial charge < -0.3 is 5.32 Å². The summed E-state index contributed by atoms with van der Waals surface area (Å²) in [5.74, 6) is 0.0109. The van der Waals surface area contributed by atoms with Crippen LogP contribution in [-0.4, -0.2) is 10.9 Å². The summed E-state index contributed by atoms with van der Waals surface area (Å²) in [5.41, 5.74) is 1.50. The van der Waals surface area contributed by atoms with Crippen LogP contribution in [0.5, 0.6) is 0 Å². The number of hydrogen-bond donors (Lipinski definition) is 1. The number of nitrogens with one attached hydrogen (secondary N) is 1. The molecule has 0 unspecified atom stereocenters. The number of pyridine rings is 1. The van der Waals surface area contributed by atoms with Crippen LogP contribution in [0.4, 0.5) is 5.69 Å². The number of nitrogens with zero attached hydrogens (tertiary/aromatic N) is 1. The van der Waals surface area contributed by atoms with Crippen LogP contribution in [0, 0.1) is 0 Å². The average molecular weight is 249 g/mol. The van der Waals surface area contributed by atoms with E-state index in [0.717, 1.165) is 23.0 Å². The van der Waals surface area contributed by atoms with Gasteiger partial charge >= 0.3 is 0 Å². The summed E-state index contributed by atoms with van der Waals surface area (Å²) in [4.78, 5) is 15.8. The number of benzene rings is 1. The van der Waals surface area contributed by atoms with Gasteiger partial charge in [0.05, 0.1) is 16.2 Å². The van der Waals surface area contributed by atoms with E-state index in [2.05, 4.69) is 10.3 Å². The highest BCUT2D eigenvalue weighted by Gasteiger charge is 2.06. The fourth-order valence-electron chi connectivity index (χ4n) is 1.67. The van der Waals surface area contributed by atoms with Gasteiger partial charge in [0.2, 0.25) is 5.91 Å². The molecule has 0 bridgehead atoms. The molecule has 0 saturated carbocycles. The quantitative estimate of drug-likeness (QED) is 0.901. The zero-order valence-electron chi connectivity index (χ0n) is 9.53. The number of carbonyl (C=O) groups is 1. The molecule has 0 radical (unpaired) electrons. The SMILES string of the molecule is CCCC(=O)Nc1cccc2cc(Cl)cnc12. The van der Waals surface area contributed by atoms with E-state index in [0.29, 0.717) is 11.4 Å². The molecule has 1 aromatic heterocycles. The van der Waals surface area contributed by atoms with Gasteiger partial charge in [0, 0.05) is 18.0 Å². The maximum Gasteiger partial charge on any atom is 0.224 e. The van der Waals surface area contributed by atoms with Crippen molar-refractivity contribution in [1.82, 2.24) is 4.98 Å². The molecular formula is C13H13ClN2O. The van der Waals surface area contributed by atoms with E-state index in [1.54, 1.807) is 6.20 Å². The van der Waals surface area contributed by atoms with Crippen LogP contribution in [0.3, 0.4) is 0 Å². The zero-order valence-corrected chi connectivity index (χ0v) is 10.3. The smallest absolute Gasteiger partial charge is 0.224 e. The normalized spacial score (nSPS) is 10.5. The molecule has 3 nitrogen and oxygen atoms in total. The molecule has 4 heteroatoms. The predicted octanol–water partition coefficient (Wildman–Crippen LogP) is 3.63. The summed E-state index contributed by atoms with van der Waals surface area (Å²) in [6.45, 7) is 1.97. The Hall–Kier alpha value is -1.61. The van der Waals surface area contributed by atoms with Gasteiger partial charge in [0.15, 0.2) is 0 Å². The van der Waals surface area contributed by atoms with Gasteiger partial charge in [-0.3, -0.25) is 9.78 Å². The van der Waals surface area contributed by atoms with Gasteiger partial charge in [-0.05, 0) is 18.6 Å². The van der Waals surface area contributed by atoms with Gasteiger partial charge in [0.25, 0.3) is 0 Å². The van der Waals surface area contributed by atoms with Crippen LogP contribution in [-0.2, 0) is 4.79 Å². The summed E-state index contributed by atoms with van der Waals surface area (Å²) in [6.07, 6.45) is 2.93. The molecule has 0 saturated heterocycles. The standard InChI is InChI=1S/C13H13ClN2O/c1-2-4-12(17)16-11-6-3-5-9-7-10(14)8-15-13(9)11/h3,5-8H,2,4H2,1H3,(H,16,17). The van der Waals surface area contributed by atoms with E-state index in [-0.39, 0.29) is 5.91 Å². The Balaban J connectivity index is 2.37. The molecule has 0 spiro atoms. The van der Waals surface area contributed by atoms with Crippen LogP contribution >= 0.6 is 11.6 Å². The lowest BCUT2D eigenvalue weighted by molar-refractivity contribution is -0.116. The second kappa shape index (κ2) is 5.15. The van der Waals surface area contributed by atoms with Crippen molar-refractivity contribution in [2.45, 2.75) is 19.8 Å². The van der Waals surface area contributed by atoms with Crippen molar-refractivity contribution >= 4 is 34.1 Å². The molecule has 2 rings (SSSR count). The molecule has 2 aromatic rings.